The molecule has 1 amide bonds. The third-order valence-corrected chi connectivity index (χ3v) is 7.20. The van der Waals surface area contributed by atoms with Crippen molar-refractivity contribution in [1.29, 1.82) is 0 Å². The molecule has 1 unspecified atom stereocenters. The molecule has 1 aromatic carbocycles. The second kappa shape index (κ2) is 8.98. The molecule has 32 heavy (non-hydrogen) atoms. The van der Waals surface area contributed by atoms with E-state index in [-0.39, 0.29) is 24.1 Å². The molecule has 6 nitrogen and oxygen atoms in total. The molecule has 2 heterocycles. The van der Waals surface area contributed by atoms with Gasteiger partial charge in [0.15, 0.2) is 11.5 Å². The minimum absolute atomic E-state index is 0.197. The van der Waals surface area contributed by atoms with Crippen LogP contribution in [0, 0.1) is 11.3 Å². The van der Waals surface area contributed by atoms with E-state index >= 15 is 0 Å². The van der Waals surface area contributed by atoms with E-state index in [0.717, 1.165) is 30.4 Å². The van der Waals surface area contributed by atoms with Crippen LogP contribution in [0.25, 0.3) is 6.08 Å². The highest BCUT2D eigenvalue weighted by Gasteiger charge is 2.34. The molecule has 0 bridgehead atoms. The Kier molecular flexibility index (Phi) is 6.29. The number of fused-ring (bicyclic) bond motifs is 2. The van der Waals surface area contributed by atoms with Crippen LogP contribution >= 0.6 is 11.3 Å². The van der Waals surface area contributed by atoms with Gasteiger partial charge in [-0.3, -0.25) is 4.79 Å². The highest BCUT2D eigenvalue weighted by atomic mass is 32.1. The lowest BCUT2D eigenvalue weighted by molar-refractivity contribution is -0.111. The molecule has 0 fully saturated rings. The molecular formula is C25H29NO5S. The van der Waals surface area contributed by atoms with Crippen LogP contribution in [0.15, 0.2) is 24.3 Å². The van der Waals surface area contributed by atoms with Crippen LogP contribution in [0.2, 0.25) is 0 Å². The number of nitrogens with one attached hydrogen (secondary N) is 1. The minimum Gasteiger partial charge on any atom is -0.462 e. The SMILES string of the molecule is CCOC(=O)c1c(NC(=O)/C=C/c2ccc3c(c2)OCO3)sc2c1CCC(C(C)(C)C)C2. The van der Waals surface area contributed by atoms with Gasteiger partial charge in [-0.2, -0.15) is 0 Å². The fourth-order valence-corrected chi connectivity index (χ4v) is 5.49. The summed E-state index contributed by atoms with van der Waals surface area (Å²) in [6.07, 6.45) is 5.94. The molecule has 0 spiro atoms. The number of rotatable bonds is 5. The molecule has 170 valence electrons. The van der Waals surface area contributed by atoms with E-state index in [9.17, 15) is 9.59 Å². The van der Waals surface area contributed by atoms with Crippen LogP contribution in [-0.2, 0) is 22.4 Å². The Balaban J connectivity index is 1.55. The number of benzene rings is 1. The molecule has 1 aromatic heterocycles. The maximum atomic E-state index is 12.7. The number of thiophene rings is 1. The summed E-state index contributed by atoms with van der Waals surface area (Å²) in [5.74, 6) is 1.24. The van der Waals surface area contributed by atoms with E-state index in [1.807, 2.05) is 18.2 Å². The van der Waals surface area contributed by atoms with Gasteiger partial charge in [-0.1, -0.05) is 26.8 Å². The van der Waals surface area contributed by atoms with Gasteiger partial charge >= 0.3 is 5.97 Å². The lowest BCUT2D eigenvalue weighted by atomic mass is 9.72. The third-order valence-electron chi connectivity index (χ3n) is 6.03. The van der Waals surface area contributed by atoms with Crippen molar-refractivity contribution in [3.63, 3.8) is 0 Å². The Bertz CT molecular complexity index is 1060. The maximum absolute atomic E-state index is 12.7. The normalized spacial score (nSPS) is 17.3. The van der Waals surface area contributed by atoms with Crippen LogP contribution in [0.4, 0.5) is 5.00 Å². The molecule has 4 rings (SSSR count). The van der Waals surface area contributed by atoms with Crippen LogP contribution in [0.1, 0.15) is 60.5 Å². The fraction of sp³-hybridized carbons (Fsp3) is 0.440. The van der Waals surface area contributed by atoms with Crippen molar-refractivity contribution in [3.8, 4) is 11.5 Å². The number of esters is 1. The Morgan fingerprint density at radius 3 is 2.78 bits per heavy atom. The van der Waals surface area contributed by atoms with E-state index in [1.54, 1.807) is 13.0 Å². The summed E-state index contributed by atoms with van der Waals surface area (Å²) in [4.78, 5) is 26.6. The molecule has 0 saturated carbocycles. The van der Waals surface area contributed by atoms with E-state index in [4.69, 9.17) is 14.2 Å². The smallest absolute Gasteiger partial charge is 0.341 e. The zero-order valence-corrected chi connectivity index (χ0v) is 19.8. The summed E-state index contributed by atoms with van der Waals surface area (Å²) in [5, 5.41) is 3.49. The number of carbonyl (C=O) groups is 2. The number of amides is 1. The van der Waals surface area contributed by atoms with Crippen molar-refractivity contribution in [2.24, 2.45) is 11.3 Å². The number of ether oxygens (including phenoxy) is 3. The zero-order valence-electron chi connectivity index (χ0n) is 18.9. The van der Waals surface area contributed by atoms with Crippen molar-refractivity contribution in [3.05, 3.63) is 45.8 Å². The number of carbonyl (C=O) groups excluding carboxylic acids is 2. The average molecular weight is 456 g/mol. The molecule has 0 saturated heterocycles. The van der Waals surface area contributed by atoms with Gasteiger partial charge in [0.25, 0.3) is 0 Å². The molecule has 1 aliphatic carbocycles. The molecule has 7 heteroatoms. The van der Waals surface area contributed by atoms with Gasteiger partial charge in [0.1, 0.15) is 5.00 Å². The quantitative estimate of drug-likeness (QED) is 0.479. The van der Waals surface area contributed by atoms with E-state index < -0.39 is 0 Å². The number of hydrogen-bond donors (Lipinski definition) is 1. The molecule has 1 N–H and O–H groups in total. The number of hydrogen-bond acceptors (Lipinski definition) is 6. The first-order chi connectivity index (χ1) is 15.3. The van der Waals surface area contributed by atoms with Crippen molar-refractivity contribution >= 4 is 34.3 Å². The fourth-order valence-electron chi connectivity index (χ4n) is 4.17. The highest BCUT2D eigenvalue weighted by molar-refractivity contribution is 7.17. The second-order valence-electron chi connectivity index (χ2n) is 9.17. The van der Waals surface area contributed by atoms with E-state index in [1.165, 1.54) is 22.3 Å². The average Bonchev–Trinajstić information content (AvgIpc) is 3.34. The summed E-state index contributed by atoms with van der Waals surface area (Å²) in [6, 6.07) is 5.50. The summed E-state index contributed by atoms with van der Waals surface area (Å²) in [5.41, 5.74) is 2.57. The maximum Gasteiger partial charge on any atom is 0.341 e. The monoisotopic (exact) mass is 455 g/mol. The Hall–Kier alpha value is -2.80. The van der Waals surface area contributed by atoms with Gasteiger partial charge in [0.05, 0.1) is 12.2 Å². The van der Waals surface area contributed by atoms with Gasteiger partial charge in [0, 0.05) is 11.0 Å². The lowest BCUT2D eigenvalue weighted by Crippen LogP contribution is -2.26. The first-order valence-corrected chi connectivity index (χ1v) is 11.8. The van der Waals surface area contributed by atoms with Gasteiger partial charge in [-0.15, -0.1) is 11.3 Å². The molecule has 1 atom stereocenters. The van der Waals surface area contributed by atoms with Crippen molar-refractivity contribution < 1.29 is 23.8 Å². The Labute approximate surface area is 192 Å². The van der Waals surface area contributed by atoms with Crippen LogP contribution in [0.3, 0.4) is 0 Å². The van der Waals surface area contributed by atoms with E-state index in [2.05, 4.69) is 26.1 Å². The Morgan fingerprint density at radius 2 is 2.03 bits per heavy atom. The molecule has 2 aliphatic rings. The summed E-state index contributed by atoms with van der Waals surface area (Å²) >= 11 is 1.50. The molecular weight excluding hydrogens is 426 g/mol. The second-order valence-corrected chi connectivity index (χ2v) is 10.3. The molecule has 1 aliphatic heterocycles. The minimum atomic E-state index is -0.366. The first kappa shape index (κ1) is 22.4. The Morgan fingerprint density at radius 1 is 1.25 bits per heavy atom. The van der Waals surface area contributed by atoms with Gasteiger partial charge in [-0.25, -0.2) is 4.79 Å². The van der Waals surface area contributed by atoms with E-state index in [0.29, 0.717) is 34.6 Å². The molecule has 0 radical (unpaired) electrons. The summed E-state index contributed by atoms with van der Waals surface area (Å²) in [7, 11) is 0. The highest BCUT2D eigenvalue weighted by Crippen LogP contribution is 2.44. The van der Waals surface area contributed by atoms with Gasteiger partial charge in [-0.05, 0) is 66.9 Å². The summed E-state index contributed by atoms with van der Waals surface area (Å²) in [6.45, 7) is 9.06. The van der Waals surface area contributed by atoms with Crippen LogP contribution < -0.4 is 14.8 Å². The van der Waals surface area contributed by atoms with Gasteiger partial charge < -0.3 is 19.5 Å². The number of anilines is 1. The van der Waals surface area contributed by atoms with Gasteiger partial charge in [0.2, 0.25) is 12.7 Å². The summed E-state index contributed by atoms with van der Waals surface area (Å²) < 4.78 is 16.0. The third kappa shape index (κ3) is 4.67. The topological polar surface area (TPSA) is 73.9 Å². The predicted molar refractivity (Wildman–Crippen MR) is 125 cm³/mol. The van der Waals surface area contributed by atoms with Crippen molar-refractivity contribution in [2.75, 3.05) is 18.7 Å². The van der Waals surface area contributed by atoms with Crippen molar-refractivity contribution in [2.45, 2.75) is 47.0 Å². The van der Waals surface area contributed by atoms with Crippen LogP contribution in [0.5, 0.6) is 11.5 Å². The lowest BCUT2D eigenvalue weighted by Gasteiger charge is -2.33. The zero-order chi connectivity index (χ0) is 22.9. The predicted octanol–water partition coefficient (Wildman–Crippen LogP) is 5.46. The molecule has 2 aromatic rings. The largest absolute Gasteiger partial charge is 0.462 e. The first-order valence-electron chi connectivity index (χ1n) is 11.0. The van der Waals surface area contributed by atoms with Crippen molar-refractivity contribution in [1.82, 2.24) is 0 Å². The standard InChI is InChI=1S/C25H29NO5S/c1-5-29-24(28)22-17-9-8-16(25(2,3)4)13-20(17)32-23(22)26-21(27)11-7-15-6-10-18-19(12-15)31-14-30-18/h6-7,10-12,16H,5,8-9,13-14H2,1-4H3,(H,26,27)/b11-7+. The van der Waals surface area contributed by atoms with Crippen LogP contribution in [-0.4, -0.2) is 25.3 Å².